The first kappa shape index (κ1) is 20.5. The van der Waals surface area contributed by atoms with Gasteiger partial charge in [-0.2, -0.15) is 5.10 Å². The summed E-state index contributed by atoms with van der Waals surface area (Å²) in [7, 11) is 1.57. The summed E-state index contributed by atoms with van der Waals surface area (Å²) in [6, 6.07) is 10.1. The SMILES string of the molecule is C#Cc1cccc(NC(=O)CN(C)C(=O)C(C)n2c(-c3cccs3)n[nH]c2=S)c1. The molecule has 3 aromatic rings. The molecular weight excluding hydrogens is 406 g/mol. The van der Waals surface area contributed by atoms with E-state index in [1.807, 2.05) is 17.5 Å². The number of hydrogen-bond donors (Lipinski definition) is 2. The Labute approximate surface area is 177 Å². The number of carbonyl (C=O) groups excluding carboxylic acids is 2. The molecule has 2 heterocycles. The van der Waals surface area contributed by atoms with Crippen molar-refractivity contribution in [2.45, 2.75) is 13.0 Å². The molecule has 0 bridgehead atoms. The fourth-order valence-electron chi connectivity index (χ4n) is 2.85. The zero-order valence-corrected chi connectivity index (χ0v) is 17.5. The van der Waals surface area contributed by atoms with Gasteiger partial charge in [0, 0.05) is 18.3 Å². The average Bonchev–Trinajstić information content (AvgIpc) is 3.36. The van der Waals surface area contributed by atoms with Crippen molar-refractivity contribution >= 4 is 41.1 Å². The van der Waals surface area contributed by atoms with Crippen LogP contribution in [0.25, 0.3) is 10.7 Å². The lowest BCUT2D eigenvalue weighted by molar-refractivity contribution is -0.135. The van der Waals surface area contributed by atoms with E-state index in [0.717, 1.165) is 4.88 Å². The van der Waals surface area contributed by atoms with Gasteiger partial charge in [-0.1, -0.05) is 18.1 Å². The highest BCUT2D eigenvalue weighted by atomic mass is 32.1. The van der Waals surface area contributed by atoms with E-state index in [0.29, 0.717) is 21.8 Å². The highest BCUT2D eigenvalue weighted by Gasteiger charge is 2.25. The number of terminal acetylenes is 1. The van der Waals surface area contributed by atoms with E-state index in [1.165, 1.54) is 16.2 Å². The van der Waals surface area contributed by atoms with Gasteiger partial charge in [0.15, 0.2) is 10.6 Å². The highest BCUT2D eigenvalue weighted by Crippen LogP contribution is 2.26. The summed E-state index contributed by atoms with van der Waals surface area (Å²) in [5.41, 5.74) is 1.24. The molecular formula is C20H19N5O2S2. The molecule has 0 fully saturated rings. The second-order valence-corrected chi connectivity index (χ2v) is 7.68. The van der Waals surface area contributed by atoms with Gasteiger partial charge in [-0.15, -0.1) is 17.8 Å². The van der Waals surface area contributed by atoms with Crippen molar-refractivity contribution in [3.63, 3.8) is 0 Å². The van der Waals surface area contributed by atoms with Gasteiger partial charge >= 0.3 is 0 Å². The zero-order valence-electron chi connectivity index (χ0n) is 15.9. The molecule has 1 unspecified atom stereocenters. The predicted octanol–water partition coefficient (Wildman–Crippen LogP) is 3.31. The van der Waals surface area contributed by atoms with Crippen LogP contribution in [0, 0.1) is 17.1 Å². The van der Waals surface area contributed by atoms with Crippen LogP contribution in [0.4, 0.5) is 5.69 Å². The van der Waals surface area contributed by atoms with Crippen molar-refractivity contribution in [1.29, 1.82) is 0 Å². The Hall–Kier alpha value is -3.22. The number of aromatic nitrogens is 3. The first-order valence-corrected chi connectivity index (χ1v) is 10.0. The van der Waals surface area contributed by atoms with Gasteiger partial charge in [0.05, 0.1) is 11.4 Å². The Morgan fingerprint density at radius 1 is 1.41 bits per heavy atom. The molecule has 0 spiro atoms. The molecule has 148 valence electrons. The van der Waals surface area contributed by atoms with E-state index in [9.17, 15) is 9.59 Å². The van der Waals surface area contributed by atoms with Crippen molar-refractivity contribution in [2.24, 2.45) is 0 Å². The Morgan fingerprint density at radius 3 is 2.90 bits per heavy atom. The molecule has 0 aliphatic rings. The Morgan fingerprint density at radius 2 is 2.21 bits per heavy atom. The standard InChI is InChI=1S/C20H19N5O2S2/c1-4-14-7-5-8-15(11-14)21-17(26)12-24(3)19(27)13(2)25-18(22-23-20(25)28)16-9-6-10-29-16/h1,5-11,13H,12H2,2-3H3,(H,21,26)(H,23,28). The molecule has 2 amide bonds. The van der Waals surface area contributed by atoms with E-state index >= 15 is 0 Å². The summed E-state index contributed by atoms with van der Waals surface area (Å²) in [4.78, 5) is 27.5. The van der Waals surface area contributed by atoms with Crippen molar-refractivity contribution in [2.75, 3.05) is 18.9 Å². The molecule has 2 aromatic heterocycles. The van der Waals surface area contributed by atoms with Gasteiger partial charge in [-0.25, -0.2) is 0 Å². The van der Waals surface area contributed by atoms with Crippen molar-refractivity contribution in [3.05, 3.63) is 52.1 Å². The van der Waals surface area contributed by atoms with Crippen molar-refractivity contribution < 1.29 is 9.59 Å². The van der Waals surface area contributed by atoms with Crippen molar-refractivity contribution in [1.82, 2.24) is 19.7 Å². The maximum Gasteiger partial charge on any atom is 0.245 e. The summed E-state index contributed by atoms with van der Waals surface area (Å²) < 4.78 is 2.01. The van der Waals surface area contributed by atoms with Crippen LogP contribution < -0.4 is 5.32 Å². The molecule has 0 saturated heterocycles. The maximum absolute atomic E-state index is 12.9. The number of nitrogens with zero attached hydrogens (tertiary/aromatic N) is 3. The molecule has 0 aliphatic carbocycles. The van der Waals surface area contributed by atoms with Gasteiger partial charge < -0.3 is 10.2 Å². The first-order chi connectivity index (χ1) is 13.9. The van der Waals surface area contributed by atoms with Crippen molar-refractivity contribution in [3.8, 4) is 23.0 Å². The summed E-state index contributed by atoms with van der Waals surface area (Å²) in [5, 5.41) is 11.7. The largest absolute Gasteiger partial charge is 0.335 e. The number of aromatic amines is 1. The van der Waals surface area contributed by atoms with E-state index in [-0.39, 0.29) is 18.4 Å². The normalized spacial score (nSPS) is 11.5. The number of H-pyrrole nitrogens is 1. The number of anilines is 1. The number of nitrogens with one attached hydrogen (secondary N) is 2. The van der Waals surface area contributed by atoms with Gasteiger partial charge in [0.1, 0.15) is 6.04 Å². The summed E-state index contributed by atoms with van der Waals surface area (Å²) in [6.45, 7) is 1.62. The lowest BCUT2D eigenvalue weighted by Crippen LogP contribution is -2.38. The fourth-order valence-corrected chi connectivity index (χ4v) is 3.85. The summed E-state index contributed by atoms with van der Waals surface area (Å²) >= 11 is 6.81. The molecule has 2 N–H and O–H groups in total. The van der Waals surface area contributed by atoms with Gasteiger partial charge in [0.25, 0.3) is 0 Å². The molecule has 0 radical (unpaired) electrons. The van der Waals surface area contributed by atoms with Crippen LogP contribution in [0.1, 0.15) is 18.5 Å². The van der Waals surface area contributed by atoms with Gasteiger partial charge in [-0.3, -0.25) is 19.3 Å². The van der Waals surface area contributed by atoms with Crippen LogP contribution in [-0.4, -0.2) is 45.1 Å². The van der Waals surface area contributed by atoms with E-state index in [2.05, 4.69) is 21.4 Å². The third-order valence-corrected chi connectivity index (χ3v) is 5.41. The molecule has 7 nitrogen and oxygen atoms in total. The second kappa shape index (κ2) is 8.86. The van der Waals surface area contributed by atoms with E-state index in [4.69, 9.17) is 18.6 Å². The molecule has 3 rings (SSSR count). The number of thiophene rings is 1. The van der Waals surface area contributed by atoms with Crippen LogP contribution in [0.15, 0.2) is 41.8 Å². The molecule has 29 heavy (non-hydrogen) atoms. The minimum atomic E-state index is -0.624. The van der Waals surface area contributed by atoms with Gasteiger partial charge in [0.2, 0.25) is 11.8 Å². The average molecular weight is 426 g/mol. The zero-order chi connectivity index (χ0) is 21.0. The molecule has 0 aliphatic heterocycles. The lowest BCUT2D eigenvalue weighted by atomic mass is 10.2. The second-order valence-electron chi connectivity index (χ2n) is 6.34. The van der Waals surface area contributed by atoms with Crippen LogP contribution in [-0.2, 0) is 9.59 Å². The molecule has 0 saturated carbocycles. The predicted molar refractivity (Wildman–Crippen MR) is 116 cm³/mol. The first-order valence-electron chi connectivity index (χ1n) is 8.73. The third-order valence-electron chi connectivity index (χ3n) is 4.26. The highest BCUT2D eigenvalue weighted by molar-refractivity contribution is 7.71. The monoisotopic (exact) mass is 425 g/mol. The number of hydrogen-bond acceptors (Lipinski definition) is 5. The van der Waals surface area contributed by atoms with Gasteiger partial charge in [-0.05, 0) is 48.8 Å². The maximum atomic E-state index is 12.9. The minimum absolute atomic E-state index is 0.108. The van der Waals surface area contributed by atoms with E-state index < -0.39 is 6.04 Å². The molecule has 1 aromatic carbocycles. The fraction of sp³-hybridized carbons (Fsp3) is 0.200. The number of rotatable bonds is 6. The number of benzene rings is 1. The molecule has 1 atom stereocenters. The topological polar surface area (TPSA) is 83.0 Å². The van der Waals surface area contributed by atoms with Crippen LogP contribution in [0.2, 0.25) is 0 Å². The molecule has 9 heteroatoms. The number of amides is 2. The Balaban J connectivity index is 1.70. The Kier molecular flexibility index (Phi) is 6.26. The van der Waals surface area contributed by atoms with E-state index in [1.54, 1.807) is 42.8 Å². The smallest absolute Gasteiger partial charge is 0.245 e. The summed E-state index contributed by atoms with van der Waals surface area (Å²) in [6.07, 6.45) is 5.38. The quantitative estimate of drug-likeness (QED) is 0.469. The van der Waals surface area contributed by atoms with Crippen LogP contribution >= 0.6 is 23.6 Å². The minimum Gasteiger partial charge on any atom is -0.335 e. The summed E-state index contributed by atoms with van der Waals surface area (Å²) in [5.74, 6) is 2.53. The van der Waals surface area contributed by atoms with Crippen LogP contribution in [0.5, 0.6) is 0 Å². The third kappa shape index (κ3) is 4.62. The lowest BCUT2D eigenvalue weighted by Gasteiger charge is -2.22. The number of likely N-dealkylation sites (N-methyl/N-ethyl adjacent to an activating group) is 1. The van der Waals surface area contributed by atoms with Crippen LogP contribution in [0.3, 0.4) is 0 Å². The number of carbonyl (C=O) groups is 2. The Bertz CT molecular complexity index is 1120.